The fourth-order valence-electron chi connectivity index (χ4n) is 8.16. The topological polar surface area (TPSA) is 34.5 Å². The summed E-state index contributed by atoms with van der Waals surface area (Å²) in [6, 6.07) is 68.2. The van der Waals surface area contributed by atoms with Gasteiger partial charge in [-0.1, -0.05) is 140 Å². The van der Waals surface area contributed by atoms with Gasteiger partial charge in [-0.15, -0.1) is 0 Å². The van der Waals surface area contributed by atoms with E-state index in [0.29, 0.717) is 0 Å². The van der Waals surface area contributed by atoms with Crippen LogP contribution < -0.4 is 4.90 Å². The Morgan fingerprint density at radius 2 is 1.07 bits per heavy atom. The molecule has 0 unspecified atom stereocenters. The summed E-state index contributed by atoms with van der Waals surface area (Å²) in [7, 11) is 0. The van der Waals surface area contributed by atoms with Gasteiger partial charge in [0, 0.05) is 44.2 Å². The highest BCUT2D eigenvalue weighted by Crippen LogP contribution is 2.45. The lowest BCUT2D eigenvalue weighted by atomic mass is 10.0. The third-order valence-corrected chi connectivity index (χ3v) is 10.6. The van der Waals surface area contributed by atoms with E-state index in [0.717, 1.165) is 89.0 Å². The molecule has 0 spiro atoms. The molecule has 0 fully saturated rings. The Morgan fingerprint density at radius 1 is 0.407 bits per heavy atom. The summed E-state index contributed by atoms with van der Waals surface area (Å²) in [5.41, 5.74) is 13.2. The van der Waals surface area contributed by atoms with Crippen LogP contribution in [-0.2, 0) is 0 Å². The molecule has 4 heteroatoms. The van der Waals surface area contributed by atoms with Crippen LogP contribution in [0.5, 0.6) is 0 Å². The second-order valence-corrected chi connectivity index (χ2v) is 13.7. The number of para-hydroxylation sites is 5. The number of hydrogen-bond donors (Lipinski definition) is 0. The SMILES string of the molecule is c1ccc(-c2cccc(N(c3ccc(-c4cccc5c4oc4c5c5ccccc5n4-c4ccccc4)cc3)c3cccc4c3oc3ccccc34)c2)cc1. The molecule has 0 N–H and O–H groups in total. The summed E-state index contributed by atoms with van der Waals surface area (Å²) < 4.78 is 15.7. The highest BCUT2D eigenvalue weighted by Gasteiger charge is 2.23. The highest BCUT2D eigenvalue weighted by atomic mass is 16.3. The number of benzene rings is 8. The second-order valence-electron chi connectivity index (χ2n) is 13.7. The number of aromatic nitrogens is 1. The van der Waals surface area contributed by atoms with Gasteiger partial charge in [-0.05, 0) is 71.3 Å². The Balaban J connectivity index is 1.08. The minimum Gasteiger partial charge on any atom is -0.454 e. The van der Waals surface area contributed by atoms with E-state index in [4.69, 9.17) is 8.83 Å². The molecule has 0 saturated carbocycles. The van der Waals surface area contributed by atoms with E-state index in [1.54, 1.807) is 0 Å². The van der Waals surface area contributed by atoms with Crippen LogP contribution in [0.4, 0.5) is 17.1 Å². The molecule has 0 amide bonds. The van der Waals surface area contributed by atoms with E-state index < -0.39 is 0 Å². The first-order valence-corrected chi connectivity index (χ1v) is 18.3. The molecule has 0 atom stereocenters. The van der Waals surface area contributed by atoms with Crippen molar-refractivity contribution in [3.8, 4) is 27.9 Å². The van der Waals surface area contributed by atoms with Crippen LogP contribution in [0.25, 0.3) is 82.9 Å². The average molecular weight is 693 g/mol. The van der Waals surface area contributed by atoms with Gasteiger partial charge in [0.25, 0.3) is 0 Å². The molecule has 0 aliphatic carbocycles. The number of furan rings is 2. The van der Waals surface area contributed by atoms with Crippen molar-refractivity contribution in [3.05, 3.63) is 194 Å². The molecule has 3 aromatic heterocycles. The number of fused-ring (bicyclic) bond motifs is 8. The zero-order chi connectivity index (χ0) is 35.6. The van der Waals surface area contributed by atoms with Crippen molar-refractivity contribution >= 4 is 72.0 Å². The van der Waals surface area contributed by atoms with Gasteiger partial charge in [0.05, 0.1) is 16.6 Å². The zero-order valence-corrected chi connectivity index (χ0v) is 29.2. The summed E-state index contributed by atoms with van der Waals surface area (Å²) >= 11 is 0. The fraction of sp³-hybridized carbons (Fsp3) is 0. The van der Waals surface area contributed by atoms with Gasteiger partial charge in [0.1, 0.15) is 11.2 Å². The Labute approximate surface area is 311 Å². The second kappa shape index (κ2) is 12.1. The Hall–Kier alpha value is -7.30. The molecule has 254 valence electrons. The van der Waals surface area contributed by atoms with Crippen molar-refractivity contribution in [2.45, 2.75) is 0 Å². The van der Waals surface area contributed by atoms with Crippen molar-refractivity contribution in [1.82, 2.24) is 4.57 Å². The summed E-state index contributed by atoms with van der Waals surface area (Å²) in [6.07, 6.45) is 0. The summed E-state index contributed by atoms with van der Waals surface area (Å²) in [5, 5.41) is 5.61. The third kappa shape index (κ3) is 4.70. The average Bonchev–Trinajstić information content (AvgIpc) is 3.91. The molecule has 4 nitrogen and oxygen atoms in total. The molecule has 11 aromatic rings. The number of rotatable bonds is 6. The molecule has 0 bridgehead atoms. The molecule has 0 aliphatic rings. The Kier molecular flexibility index (Phi) is 6.82. The lowest BCUT2D eigenvalue weighted by Gasteiger charge is -2.26. The van der Waals surface area contributed by atoms with Gasteiger partial charge in [0.15, 0.2) is 5.58 Å². The van der Waals surface area contributed by atoms with Gasteiger partial charge in [0.2, 0.25) is 5.71 Å². The van der Waals surface area contributed by atoms with Crippen LogP contribution in [0.1, 0.15) is 0 Å². The van der Waals surface area contributed by atoms with Crippen LogP contribution in [0.3, 0.4) is 0 Å². The van der Waals surface area contributed by atoms with E-state index in [1.165, 1.54) is 10.9 Å². The maximum Gasteiger partial charge on any atom is 0.213 e. The Bertz CT molecular complexity index is 3150. The maximum absolute atomic E-state index is 6.90. The minimum atomic E-state index is 0.852. The van der Waals surface area contributed by atoms with Gasteiger partial charge >= 0.3 is 0 Å². The predicted molar refractivity (Wildman–Crippen MR) is 223 cm³/mol. The van der Waals surface area contributed by atoms with Crippen molar-refractivity contribution < 1.29 is 8.83 Å². The molecule has 3 heterocycles. The molecular formula is C50H32N2O2. The first kappa shape index (κ1) is 30.3. The number of hydrogen-bond acceptors (Lipinski definition) is 3. The molecule has 11 rings (SSSR count). The smallest absolute Gasteiger partial charge is 0.213 e. The van der Waals surface area contributed by atoms with Gasteiger partial charge in [-0.2, -0.15) is 0 Å². The van der Waals surface area contributed by atoms with Crippen LogP contribution in [0, 0.1) is 0 Å². The summed E-state index contributed by atoms with van der Waals surface area (Å²) in [5.74, 6) is 0. The van der Waals surface area contributed by atoms with E-state index in [1.807, 2.05) is 18.2 Å². The molecule has 0 saturated heterocycles. The van der Waals surface area contributed by atoms with Crippen molar-refractivity contribution in [1.29, 1.82) is 0 Å². The summed E-state index contributed by atoms with van der Waals surface area (Å²) in [6.45, 7) is 0. The van der Waals surface area contributed by atoms with Crippen molar-refractivity contribution in [2.24, 2.45) is 0 Å². The first-order valence-electron chi connectivity index (χ1n) is 18.3. The van der Waals surface area contributed by atoms with Crippen LogP contribution in [0.15, 0.2) is 203 Å². The largest absolute Gasteiger partial charge is 0.454 e. The lowest BCUT2D eigenvalue weighted by Crippen LogP contribution is -2.10. The Morgan fingerprint density at radius 3 is 1.93 bits per heavy atom. The molecule has 0 radical (unpaired) electrons. The summed E-state index contributed by atoms with van der Waals surface area (Å²) in [4.78, 5) is 2.30. The number of nitrogens with zero attached hydrogens (tertiary/aromatic N) is 2. The fourth-order valence-corrected chi connectivity index (χ4v) is 8.16. The third-order valence-electron chi connectivity index (χ3n) is 10.6. The van der Waals surface area contributed by atoms with Crippen LogP contribution in [0.2, 0.25) is 0 Å². The lowest BCUT2D eigenvalue weighted by molar-refractivity contribution is 0.646. The van der Waals surface area contributed by atoms with Crippen molar-refractivity contribution in [3.63, 3.8) is 0 Å². The highest BCUT2D eigenvalue weighted by molar-refractivity contribution is 6.21. The monoisotopic (exact) mass is 692 g/mol. The maximum atomic E-state index is 6.90. The number of anilines is 3. The quantitative estimate of drug-likeness (QED) is 0.174. The first-order chi connectivity index (χ1) is 26.8. The van der Waals surface area contributed by atoms with Crippen molar-refractivity contribution in [2.75, 3.05) is 4.90 Å². The minimum absolute atomic E-state index is 0.852. The molecular weight excluding hydrogens is 661 g/mol. The van der Waals surface area contributed by atoms with Gasteiger partial charge in [-0.3, -0.25) is 4.57 Å². The van der Waals surface area contributed by atoms with Crippen LogP contribution >= 0.6 is 0 Å². The molecule has 0 aliphatic heterocycles. The van der Waals surface area contributed by atoms with E-state index in [9.17, 15) is 0 Å². The standard InChI is InChI=1S/C50H32N2O2/c1-3-14-33(15-4-1)35-16-11-19-38(32-35)51(45-26-13-23-41-40-20-8-10-27-46(40)53-49(41)45)37-30-28-34(29-31-37)39-22-12-24-43-47-42-21-7-9-25-44(42)52(50(47)54-48(39)43)36-17-5-2-6-18-36/h1-32H. The normalized spacial score (nSPS) is 11.7. The predicted octanol–water partition coefficient (Wildman–Crippen LogP) is 14.2. The zero-order valence-electron chi connectivity index (χ0n) is 29.2. The van der Waals surface area contributed by atoms with E-state index >= 15 is 0 Å². The van der Waals surface area contributed by atoms with Gasteiger partial charge in [-0.25, -0.2) is 0 Å². The van der Waals surface area contributed by atoms with E-state index in [2.05, 4.69) is 185 Å². The van der Waals surface area contributed by atoms with E-state index in [-0.39, 0.29) is 0 Å². The molecule has 8 aromatic carbocycles. The van der Waals surface area contributed by atoms with Crippen LogP contribution in [-0.4, -0.2) is 4.57 Å². The molecule has 54 heavy (non-hydrogen) atoms. The van der Waals surface area contributed by atoms with Gasteiger partial charge < -0.3 is 13.7 Å².